The molecular weight excluding hydrogens is 202 g/mol. The average molecular weight is 221 g/mol. The SMILES string of the molecule is CCC1NC(c2ccc(OC)cc2)CCO1. The minimum atomic E-state index is 0.195. The lowest BCUT2D eigenvalue weighted by Gasteiger charge is -2.31. The fraction of sp³-hybridized carbons (Fsp3) is 0.538. The molecular formula is C13H19NO2. The number of rotatable bonds is 3. The molecule has 0 spiro atoms. The van der Waals surface area contributed by atoms with E-state index in [1.807, 2.05) is 12.1 Å². The molecule has 1 heterocycles. The van der Waals surface area contributed by atoms with E-state index in [0.717, 1.165) is 25.2 Å². The van der Waals surface area contributed by atoms with Crippen LogP contribution in [0, 0.1) is 0 Å². The standard InChI is InChI=1S/C13H19NO2/c1-3-13-14-12(8-9-16-13)10-4-6-11(15-2)7-5-10/h4-7,12-14H,3,8-9H2,1-2H3. The molecule has 16 heavy (non-hydrogen) atoms. The zero-order chi connectivity index (χ0) is 11.4. The second-order valence-electron chi connectivity index (χ2n) is 4.05. The maximum atomic E-state index is 5.59. The van der Waals surface area contributed by atoms with Crippen LogP contribution in [0.2, 0.25) is 0 Å². The summed E-state index contributed by atoms with van der Waals surface area (Å²) in [5.74, 6) is 0.905. The number of benzene rings is 1. The van der Waals surface area contributed by atoms with Gasteiger partial charge >= 0.3 is 0 Å². The molecule has 3 nitrogen and oxygen atoms in total. The van der Waals surface area contributed by atoms with Crippen LogP contribution in [0.15, 0.2) is 24.3 Å². The molecule has 0 aromatic heterocycles. The third-order valence-corrected chi connectivity index (χ3v) is 3.00. The van der Waals surface area contributed by atoms with Crippen molar-refractivity contribution in [2.75, 3.05) is 13.7 Å². The van der Waals surface area contributed by atoms with Crippen molar-refractivity contribution in [3.63, 3.8) is 0 Å². The molecule has 1 aliphatic rings. The van der Waals surface area contributed by atoms with Gasteiger partial charge in [0.05, 0.1) is 13.7 Å². The number of ether oxygens (including phenoxy) is 2. The average Bonchev–Trinajstić information content (AvgIpc) is 2.39. The Morgan fingerprint density at radius 2 is 2.12 bits per heavy atom. The Labute approximate surface area is 96.8 Å². The molecule has 2 atom stereocenters. The summed E-state index contributed by atoms with van der Waals surface area (Å²) < 4.78 is 10.7. The van der Waals surface area contributed by atoms with Gasteiger partial charge in [0.25, 0.3) is 0 Å². The van der Waals surface area contributed by atoms with E-state index < -0.39 is 0 Å². The number of hydrogen-bond acceptors (Lipinski definition) is 3. The molecule has 1 aliphatic heterocycles. The molecule has 0 radical (unpaired) electrons. The Hall–Kier alpha value is -1.06. The van der Waals surface area contributed by atoms with Gasteiger partial charge in [0.2, 0.25) is 0 Å². The summed E-state index contributed by atoms with van der Waals surface area (Å²) in [5.41, 5.74) is 1.31. The number of hydrogen-bond donors (Lipinski definition) is 1. The van der Waals surface area contributed by atoms with Gasteiger partial charge in [0.15, 0.2) is 0 Å². The molecule has 1 aromatic rings. The zero-order valence-electron chi connectivity index (χ0n) is 9.90. The monoisotopic (exact) mass is 221 g/mol. The van der Waals surface area contributed by atoms with Crippen molar-refractivity contribution in [3.8, 4) is 5.75 Å². The minimum Gasteiger partial charge on any atom is -0.497 e. The summed E-state index contributed by atoms with van der Waals surface area (Å²) in [6, 6.07) is 8.66. The summed E-state index contributed by atoms with van der Waals surface area (Å²) in [5, 5.41) is 3.49. The maximum absolute atomic E-state index is 5.59. The van der Waals surface area contributed by atoms with Gasteiger partial charge in [-0.05, 0) is 30.5 Å². The van der Waals surface area contributed by atoms with Crippen LogP contribution in [0.4, 0.5) is 0 Å². The predicted molar refractivity (Wildman–Crippen MR) is 63.5 cm³/mol. The van der Waals surface area contributed by atoms with Crippen LogP contribution in [0.1, 0.15) is 31.4 Å². The van der Waals surface area contributed by atoms with E-state index in [2.05, 4.69) is 24.4 Å². The van der Waals surface area contributed by atoms with E-state index in [1.54, 1.807) is 7.11 Å². The van der Waals surface area contributed by atoms with Crippen LogP contribution in [0.25, 0.3) is 0 Å². The van der Waals surface area contributed by atoms with Crippen molar-refractivity contribution >= 4 is 0 Å². The van der Waals surface area contributed by atoms with Crippen LogP contribution in [-0.4, -0.2) is 19.9 Å². The molecule has 0 saturated carbocycles. The van der Waals surface area contributed by atoms with Crippen LogP contribution >= 0.6 is 0 Å². The largest absolute Gasteiger partial charge is 0.497 e. The molecule has 1 saturated heterocycles. The van der Waals surface area contributed by atoms with Crippen molar-refractivity contribution in [3.05, 3.63) is 29.8 Å². The third-order valence-electron chi connectivity index (χ3n) is 3.00. The summed E-state index contributed by atoms with van der Waals surface area (Å²) in [7, 11) is 1.69. The van der Waals surface area contributed by atoms with Gasteiger partial charge in [-0.2, -0.15) is 0 Å². The molecule has 2 rings (SSSR count). The normalized spacial score (nSPS) is 25.4. The molecule has 0 bridgehead atoms. The maximum Gasteiger partial charge on any atom is 0.118 e. The highest BCUT2D eigenvalue weighted by molar-refractivity contribution is 5.29. The molecule has 2 unspecified atom stereocenters. The zero-order valence-corrected chi connectivity index (χ0v) is 9.90. The molecule has 1 fully saturated rings. The first-order chi connectivity index (χ1) is 7.83. The van der Waals surface area contributed by atoms with E-state index in [9.17, 15) is 0 Å². The predicted octanol–water partition coefficient (Wildman–Crippen LogP) is 2.48. The third kappa shape index (κ3) is 2.54. The quantitative estimate of drug-likeness (QED) is 0.850. The van der Waals surface area contributed by atoms with E-state index in [-0.39, 0.29) is 6.23 Å². The van der Waals surface area contributed by atoms with Gasteiger partial charge in [-0.25, -0.2) is 0 Å². The Morgan fingerprint density at radius 3 is 2.75 bits per heavy atom. The highest BCUT2D eigenvalue weighted by Gasteiger charge is 2.21. The molecule has 0 amide bonds. The molecule has 1 N–H and O–H groups in total. The Kier molecular flexibility index (Phi) is 3.80. The second-order valence-corrected chi connectivity index (χ2v) is 4.05. The van der Waals surface area contributed by atoms with E-state index in [0.29, 0.717) is 6.04 Å². The fourth-order valence-electron chi connectivity index (χ4n) is 2.02. The molecule has 0 aliphatic carbocycles. The highest BCUT2D eigenvalue weighted by atomic mass is 16.5. The lowest BCUT2D eigenvalue weighted by molar-refractivity contribution is -0.0203. The van der Waals surface area contributed by atoms with Crippen LogP contribution in [0.5, 0.6) is 5.75 Å². The second kappa shape index (κ2) is 5.32. The van der Waals surface area contributed by atoms with Crippen molar-refractivity contribution in [1.29, 1.82) is 0 Å². The van der Waals surface area contributed by atoms with E-state index in [1.165, 1.54) is 5.56 Å². The molecule has 1 aromatic carbocycles. The van der Waals surface area contributed by atoms with E-state index >= 15 is 0 Å². The first-order valence-electron chi connectivity index (χ1n) is 5.85. The summed E-state index contributed by atoms with van der Waals surface area (Å²) in [6.07, 6.45) is 2.23. The summed E-state index contributed by atoms with van der Waals surface area (Å²) in [6.45, 7) is 2.97. The minimum absolute atomic E-state index is 0.195. The topological polar surface area (TPSA) is 30.5 Å². The van der Waals surface area contributed by atoms with Gasteiger partial charge in [0.1, 0.15) is 12.0 Å². The highest BCUT2D eigenvalue weighted by Crippen LogP contribution is 2.24. The lowest BCUT2D eigenvalue weighted by atomic mass is 10.0. The Bertz CT molecular complexity index is 323. The smallest absolute Gasteiger partial charge is 0.118 e. The Morgan fingerprint density at radius 1 is 1.38 bits per heavy atom. The van der Waals surface area contributed by atoms with Gasteiger partial charge in [-0.3, -0.25) is 5.32 Å². The fourth-order valence-corrected chi connectivity index (χ4v) is 2.02. The number of nitrogens with one attached hydrogen (secondary N) is 1. The first kappa shape index (κ1) is 11.4. The van der Waals surface area contributed by atoms with Crippen molar-refractivity contribution < 1.29 is 9.47 Å². The first-order valence-corrected chi connectivity index (χ1v) is 5.85. The van der Waals surface area contributed by atoms with E-state index in [4.69, 9.17) is 9.47 Å². The van der Waals surface area contributed by atoms with Gasteiger partial charge < -0.3 is 9.47 Å². The van der Waals surface area contributed by atoms with Gasteiger partial charge in [-0.1, -0.05) is 19.1 Å². The van der Waals surface area contributed by atoms with Crippen molar-refractivity contribution in [1.82, 2.24) is 5.32 Å². The lowest BCUT2D eigenvalue weighted by Crippen LogP contribution is -2.40. The summed E-state index contributed by atoms with van der Waals surface area (Å²) in [4.78, 5) is 0. The van der Waals surface area contributed by atoms with Gasteiger partial charge in [0, 0.05) is 6.04 Å². The van der Waals surface area contributed by atoms with Crippen LogP contribution in [-0.2, 0) is 4.74 Å². The van der Waals surface area contributed by atoms with Crippen molar-refractivity contribution in [2.24, 2.45) is 0 Å². The van der Waals surface area contributed by atoms with Gasteiger partial charge in [-0.15, -0.1) is 0 Å². The van der Waals surface area contributed by atoms with Crippen LogP contribution < -0.4 is 10.1 Å². The Balaban J connectivity index is 2.05. The molecule has 88 valence electrons. The number of methoxy groups -OCH3 is 1. The van der Waals surface area contributed by atoms with Crippen LogP contribution in [0.3, 0.4) is 0 Å². The summed E-state index contributed by atoms with van der Waals surface area (Å²) >= 11 is 0. The molecule has 3 heteroatoms. The van der Waals surface area contributed by atoms with Crippen molar-refractivity contribution in [2.45, 2.75) is 32.0 Å².